The van der Waals surface area contributed by atoms with Gasteiger partial charge in [-0.15, -0.1) is 0 Å². The van der Waals surface area contributed by atoms with Crippen molar-refractivity contribution in [3.05, 3.63) is 48.5 Å². The molecule has 0 aliphatic rings. The number of nitrogens with zero attached hydrogens (tertiary/aromatic N) is 2. The molecule has 0 aliphatic heterocycles. The topological polar surface area (TPSA) is 8.17 Å². The van der Waals surface area contributed by atoms with E-state index in [2.05, 4.69) is 72.3 Å². The van der Waals surface area contributed by atoms with Crippen LogP contribution in [0.25, 0.3) is 21.8 Å². The van der Waals surface area contributed by atoms with E-state index in [1.807, 2.05) is 0 Å². The average molecular weight is 210 g/mol. The molecule has 1 aromatic heterocycles. The fourth-order valence-electron chi connectivity index (χ4n) is 2.33. The van der Waals surface area contributed by atoms with Gasteiger partial charge in [0, 0.05) is 24.9 Å². The Balaban J connectivity index is 2.59. The van der Waals surface area contributed by atoms with Gasteiger partial charge in [-0.25, -0.2) is 0 Å². The molecule has 0 bridgehead atoms. The van der Waals surface area contributed by atoms with Crippen molar-refractivity contribution in [1.82, 2.24) is 4.68 Å². The van der Waals surface area contributed by atoms with E-state index < -0.39 is 0 Å². The zero-order valence-corrected chi connectivity index (χ0v) is 9.51. The summed E-state index contributed by atoms with van der Waals surface area (Å²) in [6, 6.07) is 17.0. The molecule has 0 spiro atoms. The minimum absolute atomic E-state index is 1.26. The molecule has 0 atom stereocenters. The molecule has 3 rings (SSSR count). The molecular weight excluding hydrogens is 196 g/mol. The first-order valence-electron chi connectivity index (χ1n) is 5.45. The summed E-state index contributed by atoms with van der Waals surface area (Å²) in [6.07, 6.45) is 0. The van der Waals surface area contributed by atoms with Crippen molar-refractivity contribution in [1.29, 1.82) is 0 Å². The Morgan fingerprint density at radius 2 is 1.19 bits per heavy atom. The fourth-order valence-corrected chi connectivity index (χ4v) is 2.33. The molecule has 0 amide bonds. The lowest BCUT2D eigenvalue weighted by Crippen LogP contribution is -2.24. The predicted molar refractivity (Wildman–Crippen MR) is 69.5 cm³/mol. The van der Waals surface area contributed by atoms with Crippen LogP contribution in [-0.4, -0.2) is 18.8 Å². The van der Waals surface area contributed by atoms with Crippen LogP contribution in [0.5, 0.6) is 0 Å². The maximum absolute atomic E-state index is 2.24. The second-order valence-electron chi connectivity index (χ2n) is 4.19. The monoisotopic (exact) mass is 210 g/mol. The Kier molecular flexibility index (Phi) is 1.90. The molecule has 1 heterocycles. The van der Waals surface area contributed by atoms with Crippen LogP contribution in [0.15, 0.2) is 48.5 Å². The van der Waals surface area contributed by atoms with Gasteiger partial charge in [0.25, 0.3) is 0 Å². The lowest BCUT2D eigenvalue weighted by Gasteiger charge is -2.17. The van der Waals surface area contributed by atoms with Gasteiger partial charge in [-0.05, 0) is 12.1 Å². The van der Waals surface area contributed by atoms with Gasteiger partial charge in [0.15, 0.2) is 0 Å². The summed E-state index contributed by atoms with van der Waals surface area (Å²) in [5, 5.41) is 4.74. The summed E-state index contributed by atoms with van der Waals surface area (Å²) >= 11 is 0. The van der Waals surface area contributed by atoms with Crippen molar-refractivity contribution in [2.45, 2.75) is 0 Å². The Hall–Kier alpha value is -1.96. The molecule has 16 heavy (non-hydrogen) atoms. The normalized spacial score (nSPS) is 11.1. The van der Waals surface area contributed by atoms with Gasteiger partial charge in [-0.3, -0.25) is 4.68 Å². The van der Waals surface area contributed by atoms with Crippen LogP contribution in [0.4, 0.5) is 0 Å². The van der Waals surface area contributed by atoms with Crippen LogP contribution >= 0.6 is 0 Å². The molecule has 80 valence electrons. The summed E-state index contributed by atoms with van der Waals surface area (Å²) in [4.78, 5) is 0. The van der Waals surface area contributed by atoms with E-state index >= 15 is 0 Å². The minimum atomic E-state index is 1.26. The molecule has 0 saturated carbocycles. The Morgan fingerprint density at radius 1 is 0.750 bits per heavy atom. The van der Waals surface area contributed by atoms with Gasteiger partial charge in [-0.1, -0.05) is 36.4 Å². The summed E-state index contributed by atoms with van der Waals surface area (Å²) < 4.78 is 2.24. The quantitative estimate of drug-likeness (QED) is 0.599. The first-order valence-corrected chi connectivity index (χ1v) is 5.45. The van der Waals surface area contributed by atoms with Crippen molar-refractivity contribution in [3.8, 4) is 0 Å². The highest BCUT2D eigenvalue weighted by Gasteiger charge is 2.09. The Labute approximate surface area is 94.7 Å². The van der Waals surface area contributed by atoms with E-state index in [-0.39, 0.29) is 0 Å². The molecule has 2 nitrogen and oxygen atoms in total. The van der Waals surface area contributed by atoms with Gasteiger partial charge < -0.3 is 5.01 Å². The second kappa shape index (κ2) is 3.27. The van der Waals surface area contributed by atoms with Gasteiger partial charge >= 0.3 is 0 Å². The number of hydrogen-bond acceptors (Lipinski definition) is 1. The zero-order chi connectivity index (χ0) is 11.1. The van der Waals surface area contributed by atoms with Crippen molar-refractivity contribution >= 4 is 21.8 Å². The molecule has 0 saturated heterocycles. The van der Waals surface area contributed by atoms with E-state index in [0.717, 1.165) is 0 Å². The van der Waals surface area contributed by atoms with E-state index in [9.17, 15) is 0 Å². The third kappa shape index (κ3) is 1.13. The number of hydrogen-bond donors (Lipinski definition) is 0. The molecule has 0 unspecified atom stereocenters. The summed E-state index contributed by atoms with van der Waals surface area (Å²) in [5.74, 6) is 0. The van der Waals surface area contributed by atoms with E-state index in [1.54, 1.807) is 0 Å². The minimum Gasteiger partial charge on any atom is -0.318 e. The largest absolute Gasteiger partial charge is 0.318 e. The molecule has 0 N–H and O–H groups in total. The van der Waals surface area contributed by atoms with E-state index in [4.69, 9.17) is 0 Å². The van der Waals surface area contributed by atoms with Crippen molar-refractivity contribution in [2.24, 2.45) is 0 Å². The SMILES string of the molecule is CN(C)n1c2ccccc2c2ccccc21. The number of rotatable bonds is 1. The molecular formula is C14H14N2. The number of para-hydroxylation sites is 2. The molecule has 2 aromatic carbocycles. The van der Waals surface area contributed by atoms with Crippen LogP contribution in [0.3, 0.4) is 0 Å². The lowest BCUT2D eigenvalue weighted by atomic mass is 10.2. The lowest BCUT2D eigenvalue weighted by molar-refractivity contribution is 0.788. The summed E-state index contributed by atoms with van der Waals surface area (Å²) in [7, 11) is 4.14. The van der Waals surface area contributed by atoms with Crippen molar-refractivity contribution in [2.75, 3.05) is 19.1 Å². The molecule has 0 aliphatic carbocycles. The first-order chi connectivity index (χ1) is 7.79. The third-order valence-electron chi connectivity index (χ3n) is 2.95. The number of aromatic nitrogens is 1. The van der Waals surface area contributed by atoms with Crippen molar-refractivity contribution in [3.63, 3.8) is 0 Å². The Bertz CT molecular complexity index is 597. The highest BCUT2D eigenvalue weighted by Crippen LogP contribution is 2.28. The average Bonchev–Trinajstić information content (AvgIpc) is 2.63. The number of benzene rings is 2. The van der Waals surface area contributed by atoms with Crippen LogP contribution in [-0.2, 0) is 0 Å². The van der Waals surface area contributed by atoms with Crippen LogP contribution in [0.2, 0.25) is 0 Å². The third-order valence-corrected chi connectivity index (χ3v) is 2.95. The second-order valence-corrected chi connectivity index (χ2v) is 4.19. The summed E-state index contributed by atoms with van der Waals surface area (Å²) in [5.41, 5.74) is 2.52. The van der Waals surface area contributed by atoms with Gasteiger partial charge in [0.05, 0.1) is 11.0 Å². The first kappa shape index (κ1) is 9.28. The van der Waals surface area contributed by atoms with Crippen LogP contribution in [0, 0.1) is 0 Å². The maximum atomic E-state index is 2.24. The maximum Gasteiger partial charge on any atom is 0.0707 e. The number of fused-ring (bicyclic) bond motifs is 3. The van der Waals surface area contributed by atoms with E-state index in [0.29, 0.717) is 0 Å². The molecule has 0 radical (unpaired) electrons. The Morgan fingerprint density at radius 3 is 1.62 bits per heavy atom. The van der Waals surface area contributed by atoms with Gasteiger partial charge in [0.2, 0.25) is 0 Å². The molecule has 0 fully saturated rings. The fraction of sp³-hybridized carbons (Fsp3) is 0.143. The molecule has 2 heteroatoms. The standard InChI is InChI=1S/C14H14N2/c1-15(2)16-13-9-5-3-7-11(13)12-8-4-6-10-14(12)16/h3-10H,1-2H3. The molecule has 3 aromatic rings. The van der Waals surface area contributed by atoms with Crippen molar-refractivity contribution < 1.29 is 0 Å². The highest BCUT2D eigenvalue weighted by atomic mass is 15.5. The van der Waals surface area contributed by atoms with Gasteiger partial charge in [0.1, 0.15) is 0 Å². The highest BCUT2D eigenvalue weighted by molar-refractivity contribution is 6.08. The van der Waals surface area contributed by atoms with Crippen LogP contribution < -0.4 is 5.01 Å². The van der Waals surface area contributed by atoms with Crippen LogP contribution in [0.1, 0.15) is 0 Å². The smallest absolute Gasteiger partial charge is 0.0707 e. The zero-order valence-electron chi connectivity index (χ0n) is 9.51. The summed E-state index contributed by atoms with van der Waals surface area (Å²) in [6.45, 7) is 0. The van der Waals surface area contributed by atoms with E-state index in [1.165, 1.54) is 21.8 Å². The van der Waals surface area contributed by atoms with Gasteiger partial charge in [-0.2, -0.15) is 0 Å². The predicted octanol–water partition coefficient (Wildman–Crippen LogP) is 2.99.